The van der Waals surface area contributed by atoms with Crippen LogP contribution in [0, 0.1) is 5.92 Å². The van der Waals surface area contributed by atoms with Crippen LogP contribution in [0.25, 0.3) is 0 Å². The summed E-state index contributed by atoms with van der Waals surface area (Å²) in [6, 6.07) is 12.3. The highest BCUT2D eigenvalue weighted by molar-refractivity contribution is 6.72. The molecular formula is C31H36FN3O7Si. The lowest BCUT2D eigenvalue weighted by Gasteiger charge is -2.39. The van der Waals surface area contributed by atoms with Gasteiger partial charge >= 0.3 is 5.97 Å². The number of hydrogen-bond acceptors (Lipinski definition) is 7. The smallest absolute Gasteiger partial charge is 0.304 e. The molecule has 3 amide bonds. The first-order chi connectivity index (χ1) is 20.3. The molecule has 0 bridgehead atoms. The van der Waals surface area contributed by atoms with Crippen molar-refractivity contribution in [1.29, 1.82) is 0 Å². The predicted octanol–water partition coefficient (Wildman–Crippen LogP) is 3.38. The molecule has 2 aromatic carbocycles. The first-order valence-electron chi connectivity index (χ1n) is 14.6. The molecule has 228 valence electrons. The third kappa shape index (κ3) is 4.75. The molecule has 2 N–H and O–H groups in total. The number of β-lactam (4-membered cyclic amide) rings is 1. The first kappa shape index (κ1) is 29.5. The number of benzene rings is 2. The maximum atomic E-state index is 16.1. The van der Waals surface area contributed by atoms with Gasteiger partial charge in [0.1, 0.15) is 0 Å². The summed E-state index contributed by atoms with van der Waals surface area (Å²) in [5.74, 6) is -2.10. The van der Waals surface area contributed by atoms with Gasteiger partial charge in [-0.25, -0.2) is 0 Å². The molecule has 6 atom stereocenters. The van der Waals surface area contributed by atoms with Crippen molar-refractivity contribution in [2.75, 3.05) is 16.8 Å². The fourth-order valence-electron chi connectivity index (χ4n) is 7.52. The van der Waals surface area contributed by atoms with E-state index in [1.165, 1.54) is 11.8 Å². The highest BCUT2D eigenvalue weighted by atomic mass is 28.4. The van der Waals surface area contributed by atoms with Crippen molar-refractivity contribution in [2.24, 2.45) is 5.92 Å². The van der Waals surface area contributed by atoms with E-state index in [-0.39, 0.29) is 31.3 Å². The molecular weight excluding hydrogens is 573 g/mol. The van der Waals surface area contributed by atoms with E-state index in [9.17, 15) is 24.3 Å². The van der Waals surface area contributed by atoms with Gasteiger partial charge < -0.3 is 28.9 Å². The number of ether oxygens (including phenoxy) is 2. The summed E-state index contributed by atoms with van der Waals surface area (Å²) in [5.41, 5.74) is 1.18. The van der Waals surface area contributed by atoms with Crippen LogP contribution in [0.15, 0.2) is 42.5 Å². The summed E-state index contributed by atoms with van der Waals surface area (Å²) in [6.07, 6.45) is -1.22. The molecule has 2 fully saturated rings. The summed E-state index contributed by atoms with van der Waals surface area (Å²) in [5, 5.41) is 13.0. The fraction of sp³-hybridized carbons (Fsp3) is 0.484. The molecule has 4 aliphatic heterocycles. The number of carbonyl (C=O) groups excluding carboxylic acids is 4. The molecule has 4 aliphatic rings. The van der Waals surface area contributed by atoms with E-state index in [0.717, 1.165) is 11.1 Å². The summed E-state index contributed by atoms with van der Waals surface area (Å²) in [6.45, 7) is 6.30. The Hall–Kier alpha value is -3.61. The number of anilines is 2. The average molecular weight is 610 g/mol. The van der Waals surface area contributed by atoms with Crippen LogP contribution in [-0.4, -0.2) is 67.1 Å². The second-order valence-corrected chi connectivity index (χ2v) is 16.3. The molecule has 4 heterocycles. The molecule has 1 unspecified atom stereocenters. The molecule has 6 rings (SSSR count). The minimum atomic E-state index is -3.51. The summed E-state index contributed by atoms with van der Waals surface area (Å²) < 4.78 is 28.0. The Bertz CT molecular complexity index is 1510. The maximum absolute atomic E-state index is 16.1. The number of hydrogen-bond donors (Lipinski definition) is 2. The van der Waals surface area contributed by atoms with Crippen molar-refractivity contribution in [3.8, 4) is 0 Å². The van der Waals surface area contributed by atoms with Crippen LogP contribution in [0.1, 0.15) is 43.4 Å². The zero-order valence-electron chi connectivity index (χ0n) is 24.6. The Morgan fingerprint density at radius 3 is 2.53 bits per heavy atom. The second-order valence-electron chi connectivity index (χ2n) is 12.5. The van der Waals surface area contributed by atoms with Crippen molar-refractivity contribution < 1.29 is 37.9 Å². The van der Waals surface area contributed by atoms with Crippen LogP contribution >= 0.6 is 0 Å². The largest absolute Gasteiger partial charge is 0.441 e. The maximum Gasteiger partial charge on any atom is 0.304 e. The number of esters is 1. The van der Waals surface area contributed by atoms with Crippen molar-refractivity contribution in [3.05, 3.63) is 59.2 Å². The van der Waals surface area contributed by atoms with E-state index < -0.39 is 55.7 Å². The normalized spacial score (nSPS) is 29.7. The molecule has 0 aliphatic carbocycles. The van der Waals surface area contributed by atoms with Gasteiger partial charge in [0.05, 0.1) is 31.6 Å². The molecule has 2 saturated heterocycles. The van der Waals surface area contributed by atoms with E-state index in [1.54, 1.807) is 43.1 Å². The van der Waals surface area contributed by atoms with Gasteiger partial charge in [0.2, 0.25) is 20.2 Å². The molecule has 0 aromatic heterocycles. The van der Waals surface area contributed by atoms with Crippen molar-refractivity contribution in [3.63, 3.8) is 0 Å². The van der Waals surface area contributed by atoms with Gasteiger partial charge in [-0.2, -0.15) is 0 Å². The van der Waals surface area contributed by atoms with Gasteiger partial charge in [0.15, 0.2) is 11.8 Å². The number of rotatable bonds is 6. The molecule has 10 nitrogen and oxygen atoms in total. The Kier molecular flexibility index (Phi) is 7.21. The van der Waals surface area contributed by atoms with Crippen LogP contribution in [0.2, 0.25) is 18.6 Å². The third-order valence-corrected chi connectivity index (χ3v) is 11.9. The molecule has 0 saturated carbocycles. The van der Waals surface area contributed by atoms with Crippen LogP contribution < -0.4 is 10.2 Å². The minimum absolute atomic E-state index is 0.0512. The molecule has 2 aromatic rings. The topological polar surface area (TPSA) is 125 Å². The van der Waals surface area contributed by atoms with E-state index in [0.29, 0.717) is 29.9 Å². The molecule has 0 radical (unpaired) electrons. The first-order valence-corrected chi connectivity index (χ1v) is 17.6. The van der Waals surface area contributed by atoms with Gasteiger partial charge in [-0.15, -0.1) is 0 Å². The Morgan fingerprint density at radius 1 is 1.16 bits per heavy atom. The third-order valence-electron chi connectivity index (χ3n) is 9.45. The number of nitrogens with zero attached hydrogens (tertiary/aromatic N) is 2. The predicted molar refractivity (Wildman–Crippen MR) is 157 cm³/mol. The summed E-state index contributed by atoms with van der Waals surface area (Å²) >= 11 is 0. The van der Waals surface area contributed by atoms with Crippen LogP contribution in [-0.2, 0) is 47.2 Å². The van der Waals surface area contributed by atoms with Crippen LogP contribution in [0.4, 0.5) is 15.5 Å². The number of halogens is 1. The summed E-state index contributed by atoms with van der Waals surface area (Å²) in [4.78, 5) is 54.6. The number of amides is 3. The van der Waals surface area contributed by atoms with Crippen LogP contribution in [0.5, 0.6) is 0 Å². The zero-order chi connectivity index (χ0) is 30.8. The number of nitrogens with one attached hydrogen (secondary N) is 1. The number of aliphatic hydroxyl groups is 1. The Morgan fingerprint density at radius 2 is 1.88 bits per heavy atom. The van der Waals surface area contributed by atoms with Crippen molar-refractivity contribution >= 4 is 43.5 Å². The van der Waals surface area contributed by atoms with Crippen LogP contribution in [0.3, 0.4) is 0 Å². The zero-order valence-corrected chi connectivity index (χ0v) is 25.6. The van der Waals surface area contributed by atoms with Gasteiger partial charge in [0, 0.05) is 41.9 Å². The van der Waals surface area contributed by atoms with E-state index in [1.807, 2.05) is 24.3 Å². The SMILES string of the molecule is CC(=O)OC1CC(=O)N1c1ccc2c(c1)[C@]1(O[C@@H](CC(=O)N3Cc4ccccc4C[C@H]3CO)[C@H]([Si](C)(C)F)[C@H]1C)C(=O)N2. The highest BCUT2D eigenvalue weighted by Gasteiger charge is 2.65. The number of aliphatic hydroxyl groups excluding tert-OH is 1. The monoisotopic (exact) mass is 609 g/mol. The van der Waals surface area contributed by atoms with Gasteiger partial charge in [-0.05, 0) is 48.8 Å². The average Bonchev–Trinajstić information content (AvgIpc) is 3.39. The number of fused-ring (bicyclic) bond motifs is 3. The molecule has 12 heteroatoms. The lowest BCUT2D eigenvalue weighted by atomic mass is 9.82. The minimum Gasteiger partial charge on any atom is -0.441 e. The standard InChI is InChI=1S/C31H36FN3O7Si/c1-17-29(43(3,4)32)25(13-26(38)34-15-20-8-6-5-7-19(20)11-22(34)16-36)42-31(17)23-12-21(9-10-24(23)33-30(31)40)35-27(39)14-28(35)41-18(2)37/h5-10,12,17,22,25,28-29,36H,11,13-16H2,1-4H3,(H,33,40)/t17-,22+,25+,28?,29-,31+/m1/s1. The van der Waals surface area contributed by atoms with E-state index in [4.69, 9.17) is 9.47 Å². The van der Waals surface area contributed by atoms with Gasteiger partial charge in [-0.3, -0.25) is 24.1 Å². The number of carbonyl (C=O) groups is 4. The van der Waals surface area contributed by atoms with Crippen molar-refractivity contribution in [1.82, 2.24) is 4.90 Å². The second kappa shape index (κ2) is 10.5. The Balaban J connectivity index is 1.33. The van der Waals surface area contributed by atoms with Gasteiger partial charge in [-0.1, -0.05) is 31.2 Å². The van der Waals surface area contributed by atoms with Gasteiger partial charge in [0.25, 0.3) is 5.91 Å². The highest BCUT2D eigenvalue weighted by Crippen LogP contribution is 2.59. The lowest BCUT2D eigenvalue weighted by molar-refractivity contribution is -0.154. The van der Waals surface area contributed by atoms with E-state index >= 15 is 4.11 Å². The Labute approximate surface area is 250 Å². The van der Waals surface area contributed by atoms with E-state index in [2.05, 4.69) is 5.32 Å². The summed E-state index contributed by atoms with van der Waals surface area (Å²) in [7, 11) is -3.51. The lowest BCUT2D eigenvalue weighted by Crippen LogP contribution is -2.55. The molecule has 1 spiro atoms. The quantitative estimate of drug-likeness (QED) is 0.223. The van der Waals surface area contributed by atoms with Crippen molar-refractivity contribution in [2.45, 2.75) is 82.3 Å². The molecule has 43 heavy (non-hydrogen) atoms. The fourth-order valence-corrected chi connectivity index (χ4v) is 10.0.